The molecule has 1 aliphatic carbocycles. The molecule has 0 aliphatic heterocycles. The average Bonchev–Trinajstić information content (AvgIpc) is 3.33. The van der Waals surface area contributed by atoms with Gasteiger partial charge in [-0.2, -0.15) is 0 Å². The fourth-order valence-corrected chi connectivity index (χ4v) is 2.72. The van der Waals surface area contributed by atoms with Crippen LogP contribution in [0.4, 0.5) is 5.69 Å². The largest absolute Gasteiger partial charge is 0.398 e. The first kappa shape index (κ1) is 14.1. The first-order valence-corrected chi connectivity index (χ1v) is 7.85. The van der Waals surface area contributed by atoms with Crippen LogP contribution in [-0.2, 0) is 0 Å². The second-order valence-electron chi connectivity index (χ2n) is 5.44. The molecular formula is C17H17BrN2O. The Morgan fingerprint density at radius 3 is 2.52 bits per heavy atom. The molecule has 4 heteroatoms. The van der Waals surface area contributed by atoms with Gasteiger partial charge in [0, 0.05) is 15.7 Å². The van der Waals surface area contributed by atoms with E-state index in [1.807, 2.05) is 18.2 Å². The van der Waals surface area contributed by atoms with Crippen LogP contribution < -0.4 is 11.1 Å². The van der Waals surface area contributed by atoms with E-state index in [4.69, 9.17) is 5.73 Å². The Morgan fingerprint density at radius 2 is 1.90 bits per heavy atom. The number of nitrogen functional groups attached to an aromatic ring is 1. The van der Waals surface area contributed by atoms with Crippen molar-refractivity contribution in [1.82, 2.24) is 5.32 Å². The molecule has 1 fully saturated rings. The smallest absolute Gasteiger partial charge is 0.251 e. The van der Waals surface area contributed by atoms with Crippen molar-refractivity contribution >= 4 is 27.5 Å². The number of nitrogens with one attached hydrogen (secondary N) is 1. The summed E-state index contributed by atoms with van der Waals surface area (Å²) in [7, 11) is 0. The summed E-state index contributed by atoms with van der Waals surface area (Å²) in [4.78, 5) is 12.4. The third-order valence-electron chi connectivity index (χ3n) is 3.80. The van der Waals surface area contributed by atoms with Crippen LogP contribution in [0, 0.1) is 5.92 Å². The topological polar surface area (TPSA) is 55.1 Å². The summed E-state index contributed by atoms with van der Waals surface area (Å²) in [5.74, 6) is 0.471. The number of halogens is 1. The van der Waals surface area contributed by atoms with Gasteiger partial charge in [-0.3, -0.25) is 4.79 Å². The standard InChI is InChI=1S/C17H17BrN2O/c18-14-9-8-13(10-15(14)19)17(21)20-16(12-6-7-12)11-4-2-1-3-5-11/h1-5,8-10,12,16H,6-7,19H2,(H,20,21). The summed E-state index contributed by atoms with van der Waals surface area (Å²) in [6.45, 7) is 0. The highest BCUT2D eigenvalue weighted by molar-refractivity contribution is 9.10. The second kappa shape index (κ2) is 5.90. The van der Waals surface area contributed by atoms with Crippen molar-refractivity contribution in [3.05, 3.63) is 64.1 Å². The third kappa shape index (κ3) is 3.27. The van der Waals surface area contributed by atoms with Crippen LogP contribution in [0.2, 0.25) is 0 Å². The van der Waals surface area contributed by atoms with E-state index in [1.54, 1.807) is 18.2 Å². The number of carbonyl (C=O) groups excluding carboxylic acids is 1. The van der Waals surface area contributed by atoms with Gasteiger partial charge in [-0.15, -0.1) is 0 Å². The zero-order valence-electron chi connectivity index (χ0n) is 11.6. The number of nitrogens with two attached hydrogens (primary N) is 1. The van der Waals surface area contributed by atoms with Gasteiger partial charge in [-0.25, -0.2) is 0 Å². The van der Waals surface area contributed by atoms with Crippen LogP contribution in [0.15, 0.2) is 53.0 Å². The molecule has 0 aromatic heterocycles. The third-order valence-corrected chi connectivity index (χ3v) is 4.52. The van der Waals surface area contributed by atoms with Crippen LogP contribution in [0.25, 0.3) is 0 Å². The summed E-state index contributed by atoms with van der Waals surface area (Å²) in [6, 6.07) is 15.5. The maximum absolute atomic E-state index is 12.4. The minimum atomic E-state index is -0.0741. The van der Waals surface area contributed by atoms with E-state index in [1.165, 1.54) is 18.4 Å². The Balaban J connectivity index is 1.79. The molecule has 1 saturated carbocycles. The summed E-state index contributed by atoms with van der Waals surface area (Å²) in [5, 5.41) is 3.15. The Labute approximate surface area is 132 Å². The Morgan fingerprint density at radius 1 is 1.19 bits per heavy atom. The Bertz CT molecular complexity index is 653. The molecule has 0 saturated heterocycles. The molecule has 0 spiro atoms. The van der Waals surface area contributed by atoms with Crippen molar-refractivity contribution < 1.29 is 4.79 Å². The maximum atomic E-state index is 12.4. The molecule has 108 valence electrons. The van der Waals surface area contributed by atoms with Crippen LogP contribution in [0.1, 0.15) is 34.8 Å². The van der Waals surface area contributed by atoms with Gasteiger partial charge in [0.15, 0.2) is 0 Å². The number of anilines is 1. The highest BCUT2D eigenvalue weighted by Gasteiger charge is 2.33. The van der Waals surface area contributed by atoms with E-state index in [2.05, 4.69) is 33.4 Å². The Kier molecular flexibility index (Phi) is 3.97. The summed E-state index contributed by atoms with van der Waals surface area (Å²) >= 11 is 3.34. The highest BCUT2D eigenvalue weighted by atomic mass is 79.9. The van der Waals surface area contributed by atoms with Crippen molar-refractivity contribution in [3.8, 4) is 0 Å². The van der Waals surface area contributed by atoms with Crippen LogP contribution in [0.3, 0.4) is 0 Å². The number of rotatable bonds is 4. The number of hydrogen-bond donors (Lipinski definition) is 2. The average molecular weight is 345 g/mol. The molecular weight excluding hydrogens is 328 g/mol. The van der Waals surface area contributed by atoms with Crippen molar-refractivity contribution in [2.75, 3.05) is 5.73 Å². The van der Waals surface area contributed by atoms with Crippen molar-refractivity contribution in [3.63, 3.8) is 0 Å². The van der Waals surface area contributed by atoms with E-state index < -0.39 is 0 Å². The lowest BCUT2D eigenvalue weighted by atomic mass is 10.0. The van der Waals surface area contributed by atoms with Crippen LogP contribution in [-0.4, -0.2) is 5.91 Å². The fraction of sp³-hybridized carbons (Fsp3) is 0.235. The SMILES string of the molecule is Nc1cc(C(=O)NC(c2ccccc2)C2CC2)ccc1Br. The van der Waals surface area contributed by atoms with E-state index in [-0.39, 0.29) is 11.9 Å². The van der Waals surface area contributed by atoms with Crippen LogP contribution in [0.5, 0.6) is 0 Å². The summed E-state index contributed by atoms with van der Waals surface area (Å²) < 4.78 is 0.806. The summed E-state index contributed by atoms with van der Waals surface area (Å²) in [5.41, 5.74) is 8.18. The number of hydrogen-bond acceptors (Lipinski definition) is 2. The number of carbonyl (C=O) groups is 1. The quantitative estimate of drug-likeness (QED) is 0.826. The molecule has 0 radical (unpaired) electrons. The molecule has 3 nitrogen and oxygen atoms in total. The lowest BCUT2D eigenvalue weighted by Crippen LogP contribution is -2.29. The van der Waals surface area contributed by atoms with Crippen molar-refractivity contribution in [1.29, 1.82) is 0 Å². The molecule has 0 bridgehead atoms. The molecule has 2 aromatic carbocycles. The predicted octanol–water partition coefficient (Wildman–Crippen LogP) is 3.91. The second-order valence-corrected chi connectivity index (χ2v) is 6.29. The molecule has 1 aliphatic rings. The molecule has 21 heavy (non-hydrogen) atoms. The van der Waals surface area contributed by atoms with Gasteiger partial charge in [-0.05, 0) is 58.5 Å². The van der Waals surface area contributed by atoms with E-state index in [9.17, 15) is 4.79 Å². The van der Waals surface area contributed by atoms with Gasteiger partial charge in [0.05, 0.1) is 6.04 Å². The lowest BCUT2D eigenvalue weighted by molar-refractivity contribution is 0.0931. The zero-order valence-corrected chi connectivity index (χ0v) is 13.1. The van der Waals surface area contributed by atoms with Crippen LogP contribution >= 0.6 is 15.9 Å². The number of benzene rings is 2. The minimum absolute atomic E-state index is 0.0741. The van der Waals surface area contributed by atoms with Gasteiger partial charge in [-0.1, -0.05) is 30.3 Å². The molecule has 1 amide bonds. The van der Waals surface area contributed by atoms with Crippen molar-refractivity contribution in [2.45, 2.75) is 18.9 Å². The van der Waals surface area contributed by atoms with Gasteiger partial charge in [0.2, 0.25) is 0 Å². The Hall–Kier alpha value is -1.81. The van der Waals surface area contributed by atoms with E-state index in [0.717, 1.165) is 4.47 Å². The van der Waals surface area contributed by atoms with Gasteiger partial charge in [0.1, 0.15) is 0 Å². The van der Waals surface area contributed by atoms with E-state index >= 15 is 0 Å². The van der Waals surface area contributed by atoms with Gasteiger partial charge in [0.25, 0.3) is 5.91 Å². The lowest BCUT2D eigenvalue weighted by Gasteiger charge is -2.19. The predicted molar refractivity (Wildman–Crippen MR) is 87.9 cm³/mol. The molecule has 1 atom stereocenters. The van der Waals surface area contributed by atoms with Gasteiger partial charge < -0.3 is 11.1 Å². The summed E-state index contributed by atoms with van der Waals surface area (Å²) in [6.07, 6.45) is 2.34. The fourth-order valence-electron chi connectivity index (χ4n) is 2.47. The molecule has 3 rings (SSSR count). The molecule has 2 aromatic rings. The first-order valence-electron chi connectivity index (χ1n) is 7.06. The molecule has 0 heterocycles. The zero-order chi connectivity index (χ0) is 14.8. The highest BCUT2D eigenvalue weighted by Crippen LogP contribution is 2.41. The number of amides is 1. The van der Waals surface area contributed by atoms with Crippen molar-refractivity contribution in [2.24, 2.45) is 5.92 Å². The monoisotopic (exact) mass is 344 g/mol. The molecule has 3 N–H and O–H groups in total. The maximum Gasteiger partial charge on any atom is 0.251 e. The first-order chi connectivity index (χ1) is 10.1. The minimum Gasteiger partial charge on any atom is -0.398 e. The normalized spacial score (nSPS) is 15.5. The van der Waals surface area contributed by atoms with Gasteiger partial charge >= 0.3 is 0 Å². The molecule has 1 unspecified atom stereocenters. The van der Waals surface area contributed by atoms with E-state index in [0.29, 0.717) is 17.2 Å².